The molecule has 3 atom stereocenters. The Hall–Kier alpha value is -8.67. The van der Waals surface area contributed by atoms with Gasteiger partial charge in [-0.1, -0.05) is 0 Å². The summed E-state index contributed by atoms with van der Waals surface area (Å²) in [7, 11) is -13.1. The lowest BCUT2D eigenvalue weighted by Gasteiger charge is -2.37. The van der Waals surface area contributed by atoms with E-state index in [-0.39, 0.29) is 182 Å². The first-order valence-corrected chi connectivity index (χ1v) is 45.7. The third-order valence-corrected chi connectivity index (χ3v) is 27.1. The highest BCUT2D eigenvalue weighted by Crippen LogP contribution is 2.33. The zero-order valence-electron chi connectivity index (χ0n) is 66.4. The van der Waals surface area contributed by atoms with Crippen molar-refractivity contribution in [3.8, 4) is 0 Å². The number of anilines is 4. The summed E-state index contributed by atoms with van der Waals surface area (Å²) in [5.41, 5.74) is 18.3. The van der Waals surface area contributed by atoms with Gasteiger partial charge in [-0.25, -0.2) is 65.2 Å². The van der Waals surface area contributed by atoms with E-state index >= 15 is 4.39 Å². The Kier molecular flexibility index (Phi) is 34.5. The van der Waals surface area contributed by atoms with Crippen LogP contribution in [0.25, 0.3) is 0 Å². The molecule has 0 spiro atoms. The average Bonchev–Trinajstić information content (AvgIpc) is 1.59. The summed E-state index contributed by atoms with van der Waals surface area (Å²) in [6.07, 6.45) is 0.813. The number of hydrogen-bond donors (Lipinski definition) is 18. The topological polar surface area (TPSA) is 632 Å². The Balaban J connectivity index is 0.000000188. The van der Waals surface area contributed by atoms with Crippen molar-refractivity contribution in [3.63, 3.8) is 0 Å². The average molecular weight is 2090 g/mol. The molecular weight excluding hydrogens is 2000 g/mol. The monoisotopic (exact) mass is 2080 g/mol. The van der Waals surface area contributed by atoms with Crippen molar-refractivity contribution in [3.05, 3.63) is 137 Å². The molecule has 124 heavy (non-hydrogen) atoms. The Bertz CT molecular complexity index is 5210. The van der Waals surface area contributed by atoms with Crippen molar-refractivity contribution >= 4 is 174 Å². The Morgan fingerprint density at radius 3 is 1.01 bits per heavy atom. The smallest absolute Gasteiger partial charge is 0.279 e. The number of alkyl halides is 1. The number of hydroxylamine groups is 4. The molecule has 4 saturated heterocycles. The predicted octanol–water partition coefficient (Wildman–Crippen LogP) is 5.11. The van der Waals surface area contributed by atoms with Crippen LogP contribution in [-0.4, -0.2) is 257 Å². The van der Waals surface area contributed by atoms with Crippen LogP contribution >= 0.6 is 63.7 Å². The van der Waals surface area contributed by atoms with E-state index in [2.05, 4.69) is 170 Å². The lowest BCUT2D eigenvalue weighted by Crippen LogP contribution is -2.55. The van der Waals surface area contributed by atoms with E-state index in [4.69, 9.17) is 25.4 Å². The number of nitrogens with zero attached hydrogens (tertiary/aromatic N) is 16. The van der Waals surface area contributed by atoms with E-state index in [1.807, 2.05) is 21.9 Å². The molecule has 8 heterocycles. The fourth-order valence-electron chi connectivity index (χ4n) is 11.8. The number of nitrogens with one attached hydrogen (secondary N) is 12. The van der Waals surface area contributed by atoms with Crippen LogP contribution in [0.4, 0.5) is 68.0 Å². The van der Waals surface area contributed by atoms with Crippen molar-refractivity contribution in [2.24, 2.45) is 37.4 Å². The summed E-state index contributed by atoms with van der Waals surface area (Å²) in [6.45, 7) is 11.9. The zero-order chi connectivity index (χ0) is 90.9. The first-order chi connectivity index (χ1) is 58.4. The van der Waals surface area contributed by atoms with Crippen molar-refractivity contribution < 1.29 is 95.0 Å². The van der Waals surface area contributed by atoms with Crippen molar-refractivity contribution in [1.29, 1.82) is 0 Å². The highest BCUT2D eigenvalue weighted by atomic mass is 79.9. The third kappa shape index (κ3) is 27.2. The number of halogens is 9. The van der Waals surface area contributed by atoms with Crippen molar-refractivity contribution in [2.45, 2.75) is 95.7 Å². The van der Waals surface area contributed by atoms with Gasteiger partial charge < -0.3 is 32.7 Å². The maximum Gasteiger partial charge on any atom is 0.279 e. The van der Waals surface area contributed by atoms with E-state index < -0.39 is 80.9 Å². The SMILES string of the molecule is CC(C)NS(=O)(=O)N1CC[C@@](F)(CNc2nonc2C(=Nc2ccc(F)c(Br)c2)NO)C1.CC(C)NS(=O)(=O)N1CC[C@@](N)(CNc2nonc2C(=Nc2ccc(F)c(Br)c2)NO)C1.CC(C)NS(=O)(=O)N1CC[C@@](N)(CNc2nonc2C(=Nc2ccc(F)c(Br)c2)NO)C1.CNS(=O)(=O)N1CC(CNc2nonc2C(=Nc2ccc(F)c(Br)c2)NO)C1. The minimum atomic E-state index is -3.79. The van der Waals surface area contributed by atoms with E-state index in [1.165, 1.54) is 92.8 Å². The zero-order valence-corrected chi connectivity index (χ0v) is 76.0. The first kappa shape index (κ1) is 99.1. The number of aromatic nitrogens is 8. The molecule has 20 N–H and O–H groups in total. The molecule has 0 radical (unpaired) electrons. The molecule has 8 aromatic rings. The fraction of sp³-hybridized carbons (Fsp3) is 0.446. The molecule has 4 aromatic carbocycles. The highest BCUT2D eigenvalue weighted by Gasteiger charge is 2.45. The molecule has 4 aromatic heterocycles. The summed E-state index contributed by atoms with van der Waals surface area (Å²) in [4.78, 5) is 16.6. The second kappa shape index (κ2) is 43.2. The highest BCUT2D eigenvalue weighted by molar-refractivity contribution is 9.11. The van der Waals surface area contributed by atoms with Crippen LogP contribution in [0.5, 0.6) is 0 Å². The standard InChI is InChI=1S/C17H22BrF2N7O4S.2C17H24BrFN8O4S.C14H17BrFN7O4S/c3*1-10(2)26-32(29,30)27-6-5-17(20,9-27)8-21-15-14(24-31-25-15)16(23-28)22-11-3-4-13(19)12(18)7-11;1-17-28(25,26)23-6-8(7-23)5-18-13-12(21-27-22-13)14(20-24)19-9-2-3-11(16)10(15)4-9/h3-4,7,10,26,28H,5-6,8-9H2,1-2H3,(H,21,25)(H,22,23);2*3-4,7,10,26,28H,5-6,8-9,20H2,1-2H3,(H,21,25)(H,22,23);2-4,8,17,24H,5-7H2,1H3,(H,18,22)(H,19,20)/t3*17-;/m111./s1. The van der Waals surface area contributed by atoms with Crippen LogP contribution < -0.4 is 73.5 Å². The Morgan fingerprint density at radius 1 is 0.444 bits per heavy atom. The molecule has 59 heteroatoms. The number of amidine groups is 4. The number of nitrogens with two attached hydrogens (primary N) is 2. The minimum Gasteiger partial charge on any atom is -0.365 e. The molecule has 0 bridgehead atoms. The van der Waals surface area contributed by atoms with Crippen LogP contribution in [0.1, 0.15) is 83.6 Å². The van der Waals surface area contributed by atoms with E-state index in [0.29, 0.717) is 49.5 Å². The summed E-state index contributed by atoms with van der Waals surface area (Å²) < 4.78 is 201. The molecule has 0 saturated carbocycles. The van der Waals surface area contributed by atoms with Gasteiger partial charge in [-0.2, -0.15) is 65.1 Å². The fourth-order valence-corrected chi connectivity index (χ4v) is 18.8. The normalized spacial score (nSPS) is 19.2. The van der Waals surface area contributed by atoms with Crippen LogP contribution in [0.2, 0.25) is 0 Å². The van der Waals surface area contributed by atoms with Crippen molar-refractivity contribution in [2.75, 3.05) is 107 Å². The van der Waals surface area contributed by atoms with Gasteiger partial charge in [0, 0.05) is 108 Å². The lowest BCUT2D eigenvalue weighted by molar-refractivity contribution is 0.197. The predicted molar refractivity (Wildman–Crippen MR) is 453 cm³/mol. The molecule has 4 aliphatic rings. The molecule has 0 aliphatic carbocycles. The van der Waals surface area contributed by atoms with Crippen LogP contribution in [-0.2, 0) is 40.8 Å². The molecule has 0 amide bonds. The van der Waals surface area contributed by atoms with E-state index in [1.54, 1.807) is 41.5 Å². The Morgan fingerprint density at radius 2 is 0.726 bits per heavy atom. The largest absolute Gasteiger partial charge is 0.365 e. The minimum absolute atomic E-state index is 0.0223. The van der Waals surface area contributed by atoms with Crippen molar-refractivity contribution in [1.82, 2.24) is 99.3 Å². The number of hydrogen-bond acceptors (Lipinski definition) is 34. The quantitative estimate of drug-likeness (QED) is 0.0116. The molecule has 12 rings (SSSR count). The number of rotatable bonds is 31. The second-order valence-electron chi connectivity index (χ2n) is 28.8. The van der Waals surface area contributed by atoms with Gasteiger partial charge in [-0.15, -0.1) is 0 Å². The van der Waals surface area contributed by atoms with Crippen LogP contribution in [0.3, 0.4) is 0 Å². The molecule has 4 aliphatic heterocycles. The summed E-state index contributed by atoms with van der Waals surface area (Å²) >= 11 is 12.2. The van der Waals surface area contributed by atoms with Gasteiger partial charge in [0.05, 0.1) is 53.7 Å². The van der Waals surface area contributed by atoms with E-state index in [9.17, 15) is 72.1 Å². The number of aliphatic imine (C=N–C) groups is 4. The Labute approximate surface area is 739 Å². The van der Waals surface area contributed by atoms with Gasteiger partial charge in [0.1, 0.15) is 28.9 Å². The maximum atomic E-state index is 15.3. The first-order valence-electron chi connectivity index (χ1n) is 36.7. The summed E-state index contributed by atoms with van der Waals surface area (Å²) in [5.74, 6) is -1.76. The van der Waals surface area contributed by atoms with Gasteiger partial charge in [0.2, 0.25) is 23.3 Å². The molecule has 0 unspecified atom stereocenters. The van der Waals surface area contributed by atoms with Crippen LogP contribution in [0, 0.1) is 29.2 Å². The summed E-state index contributed by atoms with van der Waals surface area (Å²) in [6, 6.07) is 15.3. The van der Waals surface area contributed by atoms with Gasteiger partial charge in [0.25, 0.3) is 40.8 Å². The van der Waals surface area contributed by atoms with Gasteiger partial charge >= 0.3 is 0 Å². The molecular formula is C65H87Br4F5N30O16S4. The third-order valence-electron chi connectivity index (χ3n) is 17.9. The molecule has 46 nitrogen and oxygen atoms in total. The van der Waals surface area contributed by atoms with Gasteiger partial charge in [-0.3, -0.25) is 42.7 Å². The molecule has 4 fully saturated rings. The van der Waals surface area contributed by atoms with Gasteiger partial charge in [0.15, 0.2) is 46.1 Å². The number of benzene rings is 4. The maximum absolute atomic E-state index is 15.3. The van der Waals surface area contributed by atoms with Crippen LogP contribution in [0.15, 0.2) is 129 Å². The van der Waals surface area contributed by atoms with Gasteiger partial charge in [-0.05, 0) is 239 Å². The van der Waals surface area contributed by atoms with E-state index in [0.717, 1.165) is 4.31 Å². The molecule has 680 valence electrons. The lowest BCUT2D eigenvalue weighted by atomic mass is 10.0. The second-order valence-corrected chi connectivity index (χ2v) is 39.2. The summed E-state index contributed by atoms with van der Waals surface area (Å²) in [5, 5.41) is 79.3.